The summed E-state index contributed by atoms with van der Waals surface area (Å²) in [4.78, 5) is 33.9. The van der Waals surface area contributed by atoms with Crippen LogP contribution in [0.15, 0.2) is 18.3 Å². The summed E-state index contributed by atoms with van der Waals surface area (Å²) in [5, 5.41) is 0. The maximum absolute atomic E-state index is 12.4. The molecule has 2 aliphatic rings. The van der Waals surface area contributed by atoms with E-state index in [1.165, 1.54) is 4.90 Å². The number of piperazine rings is 1. The van der Waals surface area contributed by atoms with Crippen LogP contribution < -0.4 is 9.64 Å². The number of likely N-dealkylation sites (N-methyl/N-ethyl adjacent to an activating group) is 1. The second-order valence-electron chi connectivity index (χ2n) is 5.28. The monoisotopic (exact) mass is 290 g/mol. The average Bonchev–Trinajstić information content (AvgIpc) is 2.51. The Morgan fingerprint density at radius 3 is 2.86 bits per heavy atom. The van der Waals surface area contributed by atoms with Crippen molar-refractivity contribution in [3.8, 4) is 5.75 Å². The zero-order valence-electron chi connectivity index (χ0n) is 12.0. The number of nitrogens with zero attached hydrogens (tertiary/aromatic N) is 4. The summed E-state index contributed by atoms with van der Waals surface area (Å²) in [5.74, 6) is 0.693. The summed E-state index contributed by atoms with van der Waals surface area (Å²) in [7, 11) is 2.04. The van der Waals surface area contributed by atoms with Crippen molar-refractivity contribution in [1.29, 1.82) is 0 Å². The first-order valence-electron chi connectivity index (χ1n) is 6.99. The van der Waals surface area contributed by atoms with E-state index >= 15 is 0 Å². The van der Waals surface area contributed by atoms with Crippen molar-refractivity contribution < 1.29 is 14.3 Å². The first kappa shape index (κ1) is 13.8. The molecule has 0 bridgehead atoms. The summed E-state index contributed by atoms with van der Waals surface area (Å²) in [6.45, 7) is 3.09. The minimum atomic E-state index is -0.233. The molecule has 3 rings (SSSR count). The quantitative estimate of drug-likeness (QED) is 0.740. The lowest BCUT2D eigenvalue weighted by Crippen LogP contribution is -2.52. The Bertz CT molecular complexity index is 555. The zero-order chi connectivity index (χ0) is 14.8. The van der Waals surface area contributed by atoms with Gasteiger partial charge in [-0.1, -0.05) is 0 Å². The van der Waals surface area contributed by atoms with Crippen molar-refractivity contribution in [2.24, 2.45) is 0 Å². The third kappa shape index (κ3) is 2.82. The van der Waals surface area contributed by atoms with Crippen LogP contribution in [0, 0.1) is 0 Å². The molecule has 1 aromatic rings. The number of amides is 2. The minimum absolute atomic E-state index is 0.0237. The smallest absolute Gasteiger partial charge is 0.266 e. The first-order valence-corrected chi connectivity index (χ1v) is 6.99. The Morgan fingerprint density at radius 2 is 2.10 bits per heavy atom. The number of rotatable bonds is 2. The molecule has 2 amide bonds. The lowest BCUT2D eigenvalue weighted by atomic mass is 10.3. The van der Waals surface area contributed by atoms with Crippen molar-refractivity contribution in [1.82, 2.24) is 14.8 Å². The third-order valence-electron chi connectivity index (χ3n) is 3.81. The molecule has 7 nitrogen and oxygen atoms in total. The van der Waals surface area contributed by atoms with Gasteiger partial charge >= 0.3 is 0 Å². The highest BCUT2D eigenvalue weighted by atomic mass is 16.5. The molecule has 0 aliphatic carbocycles. The molecular formula is C14H18N4O3. The van der Waals surface area contributed by atoms with Crippen molar-refractivity contribution in [2.75, 3.05) is 51.3 Å². The van der Waals surface area contributed by atoms with Crippen molar-refractivity contribution in [3.05, 3.63) is 18.3 Å². The summed E-state index contributed by atoms with van der Waals surface area (Å²) in [5.41, 5.74) is 0. The molecule has 2 aliphatic heterocycles. The van der Waals surface area contributed by atoms with E-state index in [-0.39, 0.29) is 25.0 Å². The van der Waals surface area contributed by atoms with E-state index in [1.54, 1.807) is 23.2 Å². The number of carbonyl (C=O) groups is 2. The molecule has 7 heteroatoms. The molecule has 112 valence electrons. The maximum Gasteiger partial charge on any atom is 0.266 e. The highest BCUT2D eigenvalue weighted by Gasteiger charge is 2.30. The number of fused-ring (bicyclic) bond motifs is 1. The molecule has 1 fully saturated rings. The fourth-order valence-electron chi connectivity index (χ4n) is 2.49. The van der Waals surface area contributed by atoms with Gasteiger partial charge in [0.15, 0.2) is 18.2 Å². The van der Waals surface area contributed by atoms with Gasteiger partial charge in [0.05, 0.1) is 0 Å². The van der Waals surface area contributed by atoms with Crippen LogP contribution in [0.25, 0.3) is 0 Å². The van der Waals surface area contributed by atoms with Gasteiger partial charge in [0.2, 0.25) is 5.91 Å². The SMILES string of the molecule is CN1CCN(C(=O)CN2C(=O)COc3cccnc32)CC1. The molecule has 0 saturated carbocycles. The number of aromatic nitrogens is 1. The fourth-order valence-corrected chi connectivity index (χ4v) is 2.49. The highest BCUT2D eigenvalue weighted by molar-refractivity contribution is 6.01. The van der Waals surface area contributed by atoms with Gasteiger partial charge < -0.3 is 14.5 Å². The Balaban J connectivity index is 1.72. The van der Waals surface area contributed by atoms with E-state index in [1.807, 2.05) is 7.05 Å². The molecule has 1 saturated heterocycles. The van der Waals surface area contributed by atoms with Crippen LogP contribution in [0.5, 0.6) is 5.75 Å². The summed E-state index contributed by atoms with van der Waals surface area (Å²) < 4.78 is 5.32. The third-order valence-corrected chi connectivity index (χ3v) is 3.81. The van der Waals surface area contributed by atoms with Crippen LogP contribution in [0.1, 0.15) is 0 Å². The van der Waals surface area contributed by atoms with Gasteiger partial charge in [-0.25, -0.2) is 4.98 Å². The van der Waals surface area contributed by atoms with Crippen LogP contribution >= 0.6 is 0 Å². The molecule has 0 aromatic carbocycles. The van der Waals surface area contributed by atoms with Crippen LogP contribution in [-0.2, 0) is 9.59 Å². The normalized spacial score (nSPS) is 19.2. The Kier molecular flexibility index (Phi) is 3.74. The number of anilines is 1. The van der Waals surface area contributed by atoms with Gasteiger partial charge in [-0.2, -0.15) is 0 Å². The summed E-state index contributed by atoms with van der Waals surface area (Å²) in [6.07, 6.45) is 1.59. The van der Waals surface area contributed by atoms with Gasteiger partial charge in [0.1, 0.15) is 6.54 Å². The average molecular weight is 290 g/mol. The molecule has 0 atom stereocenters. The van der Waals surface area contributed by atoms with Crippen LogP contribution in [-0.4, -0.2) is 73.0 Å². The van der Waals surface area contributed by atoms with Gasteiger partial charge in [-0.15, -0.1) is 0 Å². The Hall–Kier alpha value is -2.15. The predicted molar refractivity (Wildman–Crippen MR) is 76.2 cm³/mol. The maximum atomic E-state index is 12.4. The highest BCUT2D eigenvalue weighted by Crippen LogP contribution is 2.28. The molecule has 3 heterocycles. The Labute approximate surface area is 123 Å². The molecule has 0 N–H and O–H groups in total. The summed E-state index contributed by atoms with van der Waals surface area (Å²) in [6, 6.07) is 3.50. The lowest BCUT2D eigenvalue weighted by Gasteiger charge is -2.34. The van der Waals surface area contributed by atoms with Crippen molar-refractivity contribution in [2.45, 2.75) is 0 Å². The first-order chi connectivity index (χ1) is 10.1. The van der Waals surface area contributed by atoms with Crippen molar-refractivity contribution >= 4 is 17.6 Å². The second-order valence-corrected chi connectivity index (χ2v) is 5.28. The van der Waals surface area contributed by atoms with Crippen LogP contribution in [0.4, 0.5) is 5.82 Å². The van der Waals surface area contributed by atoms with E-state index in [0.717, 1.165) is 13.1 Å². The van der Waals surface area contributed by atoms with Gasteiger partial charge in [0.25, 0.3) is 5.91 Å². The van der Waals surface area contributed by atoms with E-state index in [9.17, 15) is 9.59 Å². The van der Waals surface area contributed by atoms with Crippen LogP contribution in [0.3, 0.4) is 0 Å². The van der Waals surface area contributed by atoms with E-state index in [2.05, 4.69) is 9.88 Å². The molecule has 1 aromatic heterocycles. The zero-order valence-corrected chi connectivity index (χ0v) is 12.0. The molecular weight excluding hydrogens is 272 g/mol. The number of carbonyl (C=O) groups excluding carboxylic acids is 2. The fraction of sp³-hybridized carbons (Fsp3) is 0.500. The van der Waals surface area contributed by atoms with Gasteiger partial charge in [-0.05, 0) is 19.2 Å². The predicted octanol–water partition coefficient (Wildman–Crippen LogP) is -0.419. The van der Waals surface area contributed by atoms with E-state index in [4.69, 9.17) is 4.74 Å². The molecule has 0 radical (unpaired) electrons. The van der Waals surface area contributed by atoms with Gasteiger partial charge in [-0.3, -0.25) is 14.5 Å². The van der Waals surface area contributed by atoms with E-state index < -0.39 is 0 Å². The lowest BCUT2D eigenvalue weighted by molar-refractivity contribution is -0.133. The number of hydrogen-bond acceptors (Lipinski definition) is 5. The number of pyridine rings is 1. The molecule has 21 heavy (non-hydrogen) atoms. The van der Waals surface area contributed by atoms with Crippen molar-refractivity contribution in [3.63, 3.8) is 0 Å². The summed E-state index contributed by atoms with van der Waals surface area (Å²) >= 11 is 0. The number of ether oxygens (including phenoxy) is 1. The Morgan fingerprint density at radius 1 is 1.33 bits per heavy atom. The topological polar surface area (TPSA) is 66.0 Å². The van der Waals surface area contributed by atoms with Crippen LogP contribution in [0.2, 0.25) is 0 Å². The molecule has 0 unspecified atom stereocenters. The second kappa shape index (κ2) is 5.69. The number of hydrogen-bond donors (Lipinski definition) is 0. The minimum Gasteiger partial charge on any atom is -0.480 e. The van der Waals surface area contributed by atoms with E-state index in [0.29, 0.717) is 24.7 Å². The standard InChI is InChI=1S/C14H18N4O3/c1-16-5-7-17(8-6-16)12(19)9-18-13(20)10-21-11-3-2-4-15-14(11)18/h2-4H,5-10H2,1H3. The molecule has 0 spiro atoms. The van der Waals surface area contributed by atoms with Gasteiger partial charge in [0, 0.05) is 32.4 Å². The largest absolute Gasteiger partial charge is 0.480 e.